The van der Waals surface area contributed by atoms with Crippen molar-refractivity contribution >= 4 is 44.1 Å². The van der Waals surface area contributed by atoms with Gasteiger partial charge < -0.3 is 10.2 Å². The zero-order valence-electron chi connectivity index (χ0n) is 16.2. The predicted molar refractivity (Wildman–Crippen MR) is 115 cm³/mol. The average Bonchev–Trinajstić information content (AvgIpc) is 3.17. The van der Waals surface area contributed by atoms with Crippen molar-refractivity contribution in [1.29, 1.82) is 0 Å². The molecule has 0 bridgehead atoms. The summed E-state index contributed by atoms with van der Waals surface area (Å²) in [6, 6.07) is 13.0. The van der Waals surface area contributed by atoms with Crippen molar-refractivity contribution in [2.75, 3.05) is 7.05 Å². The second kappa shape index (κ2) is 7.52. The van der Waals surface area contributed by atoms with Crippen LogP contribution in [0.25, 0.3) is 21.0 Å². The van der Waals surface area contributed by atoms with E-state index in [-0.39, 0.29) is 11.8 Å². The molecule has 7 heteroatoms. The molecular formula is C22H19N3O3S. The smallest absolute Gasteiger partial charge is 0.294 e. The maximum Gasteiger partial charge on any atom is 0.294 e. The largest absolute Gasteiger partial charge is 0.379 e. The van der Waals surface area contributed by atoms with E-state index in [1.54, 1.807) is 25.4 Å². The highest BCUT2D eigenvalue weighted by atomic mass is 32.1. The van der Waals surface area contributed by atoms with Gasteiger partial charge in [-0.2, -0.15) is 5.48 Å². The van der Waals surface area contributed by atoms with Crippen molar-refractivity contribution in [2.45, 2.75) is 13.8 Å². The fourth-order valence-corrected chi connectivity index (χ4v) is 4.27. The molecule has 0 saturated carbocycles. The number of hydrogen-bond donors (Lipinski definition) is 2. The molecule has 4 rings (SSSR count). The molecule has 4 aromatic rings. The molecule has 29 heavy (non-hydrogen) atoms. The standard InChI is InChI=1S/C22H19N3O3S/c1-12-10-16-14(6-4-7-15(16)21(26)23-3)13(2)20(12)28-25-22(27)19-11-17-18(29-19)8-5-9-24-17/h4-11H,1-3H3,(H,23,26)(H,25,27). The first-order valence-corrected chi connectivity index (χ1v) is 9.88. The zero-order valence-corrected chi connectivity index (χ0v) is 17.0. The normalized spacial score (nSPS) is 10.9. The summed E-state index contributed by atoms with van der Waals surface area (Å²) in [6.07, 6.45) is 1.70. The number of hydrogen-bond acceptors (Lipinski definition) is 5. The Morgan fingerprint density at radius 1 is 1.03 bits per heavy atom. The number of aryl methyl sites for hydroxylation is 2. The molecule has 0 unspecified atom stereocenters. The van der Waals surface area contributed by atoms with Crippen molar-refractivity contribution in [1.82, 2.24) is 15.8 Å². The third-order valence-corrected chi connectivity index (χ3v) is 5.89. The summed E-state index contributed by atoms with van der Waals surface area (Å²) in [5.74, 6) is 0.0971. The van der Waals surface area contributed by atoms with Crippen LogP contribution in [0.1, 0.15) is 31.2 Å². The lowest BCUT2D eigenvalue weighted by Gasteiger charge is -2.15. The Kier molecular flexibility index (Phi) is 4.90. The van der Waals surface area contributed by atoms with Crippen LogP contribution >= 0.6 is 11.3 Å². The van der Waals surface area contributed by atoms with Crippen LogP contribution in [0.15, 0.2) is 48.7 Å². The fraction of sp³-hybridized carbons (Fsp3) is 0.136. The van der Waals surface area contributed by atoms with Crippen LogP contribution in [0.5, 0.6) is 5.75 Å². The van der Waals surface area contributed by atoms with E-state index in [2.05, 4.69) is 15.8 Å². The Labute approximate surface area is 171 Å². The van der Waals surface area contributed by atoms with E-state index in [0.717, 1.165) is 32.1 Å². The number of amides is 2. The number of rotatable bonds is 4. The Morgan fingerprint density at radius 3 is 2.62 bits per heavy atom. The van der Waals surface area contributed by atoms with E-state index in [1.165, 1.54) is 11.3 Å². The van der Waals surface area contributed by atoms with Crippen LogP contribution in [-0.4, -0.2) is 23.8 Å². The lowest BCUT2D eigenvalue weighted by atomic mass is 9.97. The van der Waals surface area contributed by atoms with Crippen molar-refractivity contribution in [3.05, 3.63) is 70.2 Å². The molecule has 0 fully saturated rings. The minimum atomic E-state index is -0.328. The maximum absolute atomic E-state index is 12.5. The minimum Gasteiger partial charge on any atom is -0.379 e. The van der Waals surface area contributed by atoms with E-state index in [1.807, 2.05) is 44.2 Å². The van der Waals surface area contributed by atoms with Crippen molar-refractivity contribution < 1.29 is 14.4 Å². The van der Waals surface area contributed by atoms with E-state index in [0.29, 0.717) is 16.2 Å². The number of nitrogens with zero attached hydrogens (tertiary/aromatic N) is 1. The Bertz CT molecular complexity index is 1230. The van der Waals surface area contributed by atoms with Crippen molar-refractivity contribution in [2.24, 2.45) is 0 Å². The average molecular weight is 405 g/mol. The first kappa shape index (κ1) is 18.9. The van der Waals surface area contributed by atoms with Gasteiger partial charge in [-0.05, 0) is 60.5 Å². The van der Waals surface area contributed by atoms with E-state index < -0.39 is 0 Å². The summed E-state index contributed by atoms with van der Waals surface area (Å²) in [6.45, 7) is 3.80. The molecular weight excluding hydrogens is 386 g/mol. The summed E-state index contributed by atoms with van der Waals surface area (Å²) in [5.41, 5.74) is 5.59. The third kappa shape index (κ3) is 3.40. The first-order chi connectivity index (χ1) is 14.0. The van der Waals surface area contributed by atoms with Crippen LogP contribution in [0.3, 0.4) is 0 Å². The molecule has 0 atom stereocenters. The molecule has 2 N–H and O–H groups in total. The molecule has 0 saturated heterocycles. The number of carbonyl (C=O) groups is 2. The highest BCUT2D eigenvalue weighted by Gasteiger charge is 2.17. The molecule has 6 nitrogen and oxygen atoms in total. The molecule has 2 aromatic heterocycles. The van der Waals surface area contributed by atoms with Crippen LogP contribution in [0.4, 0.5) is 0 Å². The summed E-state index contributed by atoms with van der Waals surface area (Å²) in [7, 11) is 1.61. The second-order valence-electron chi connectivity index (χ2n) is 6.66. The highest BCUT2D eigenvalue weighted by Crippen LogP contribution is 2.33. The predicted octanol–water partition coefficient (Wildman–Crippen LogP) is 4.15. The lowest BCUT2D eigenvalue weighted by molar-refractivity contribution is 0.0762. The molecule has 0 radical (unpaired) electrons. The number of pyridine rings is 1. The minimum absolute atomic E-state index is 0.144. The second-order valence-corrected chi connectivity index (χ2v) is 7.74. The van der Waals surface area contributed by atoms with Gasteiger partial charge in [0, 0.05) is 24.4 Å². The monoisotopic (exact) mass is 405 g/mol. The van der Waals surface area contributed by atoms with Gasteiger partial charge in [0.05, 0.1) is 15.1 Å². The Hall–Kier alpha value is -3.45. The van der Waals surface area contributed by atoms with Gasteiger partial charge in [0.25, 0.3) is 11.8 Å². The van der Waals surface area contributed by atoms with E-state index >= 15 is 0 Å². The highest BCUT2D eigenvalue weighted by molar-refractivity contribution is 7.20. The van der Waals surface area contributed by atoms with Crippen LogP contribution < -0.4 is 15.6 Å². The molecule has 2 amide bonds. The van der Waals surface area contributed by atoms with Gasteiger partial charge in [-0.25, -0.2) is 0 Å². The number of aromatic nitrogens is 1. The van der Waals surface area contributed by atoms with E-state index in [9.17, 15) is 9.59 Å². The number of nitrogens with one attached hydrogen (secondary N) is 2. The summed E-state index contributed by atoms with van der Waals surface area (Å²) in [5, 5.41) is 4.40. The number of thiophene rings is 1. The van der Waals surface area contributed by atoms with Crippen LogP contribution in [0.2, 0.25) is 0 Å². The molecule has 0 aliphatic carbocycles. The van der Waals surface area contributed by atoms with Crippen molar-refractivity contribution in [3.8, 4) is 5.75 Å². The van der Waals surface area contributed by atoms with Gasteiger partial charge in [0.2, 0.25) is 0 Å². The van der Waals surface area contributed by atoms with Crippen LogP contribution in [-0.2, 0) is 0 Å². The number of hydroxylamine groups is 1. The molecule has 0 spiro atoms. The van der Waals surface area contributed by atoms with Gasteiger partial charge in [-0.3, -0.25) is 14.6 Å². The molecule has 2 heterocycles. The molecule has 146 valence electrons. The van der Waals surface area contributed by atoms with Gasteiger partial charge in [0.15, 0.2) is 5.75 Å². The molecule has 2 aromatic carbocycles. The van der Waals surface area contributed by atoms with Crippen LogP contribution in [0, 0.1) is 13.8 Å². The number of benzene rings is 2. The third-order valence-electron chi connectivity index (χ3n) is 4.80. The number of carbonyl (C=O) groups excluding carboxylic acids is 2. The SMILES string of the molecule is CNC(=O)c1cccc2c(C)c(ONC(=O)c3cc4ncccc4s3)c(C)cc12. The number of fused-ring (bicyclic) bond motifs is 2. The van der Waals surface area contributed by atoms with E-state index in [4.69, 9.17) is 4.84 Å². The molecule has 0 aliphatic heterocycles. The molecule has 0 aliphatic rings. The summed E-state index contributed by atoms with van der Waals surface area (Å²) >= 11 is 1.36. The summed E-state index contributed by atoms with van der Waals surface area (Å²) < 4.78 is 0.942. The Balaban J connectivity index is 1.64. The topological polar surface area (TPSA) is 80.3 Å². The van der Waals surface area contributed by atoms with Gasteiger partial charge in [-0.15, -0.1) is 11.3 Å². The Morgan fingerprint density at radius 2 is 1.86 bits per heavy atom. The first-order valence-electron chi connectivity index (χ1n) is 9.06. The maximum atomic E-state index is 12.5. The van der Waals surface area contributed by atoms with Crippen molar-refractivity contribution in [3.63, 3.8) is 0 Å². The summed E-state index contributed by atoms with van der Waals surface area (Å²) in [4.78, 5) is 35.2. The van der Waals surface area contributed by atoms with Gasteiger partial charge in [-0.1, -0.05) is 12.1 Å². The van der Waals surface area contributed by atoms with Gasteiger partial charge in [0.1, 0.15) is 0 Å². The lowest BCUT2D eigenvalue weighted by Crippen LogP contribution is -2.27. The fourth-order valence-electron chi connectivity index (χ4n) is 3.37. The quantitative estimate of drug-likeness (QED) is 0.500. The van der Waals surface area contributed by atoms with Gasteiger partial charge >= 0.3 is 0 Å². The zero-order chi connectivity index (χ0) is 20.5.